The number of rotatable bonds is 3. The van der Waals surface area contributed by atoms with Crippen molar-refractivity contribution in [1.82, 2.24) is 5.32 Å². The summed E-state index contributed by atoms with van der Waals surface area (Å²) in [5.41, 5.74) is 3.72. The van der Waals surface area contributed by atoms with Crippen LogP contribution in [0.3, 0.4) is 0 Å². The van der Waals surface area contributed by atoms with E-state index >= 15 is 0 Å². The Kier molecular flexibility index (Phi) is 2.76. The minimum absolute atomic E-state index is 0.290. The zero-order valence-corrected chi connectivity index (χ0v) is 12.3. The molecule has 18 heavy (non-hydrogen) atoms. The van der Waals surface area contributed by atoms with Crippen LogP contribution < -0.4 is 5.32 Å². The summed E-state index contributed by atoms with van der Waals surface area (Å²) in [6.45, 7) is 8.22. The topological polar surface area (TPSA) is 12.0 Å². The standard InChI is InChI=1S/C16H22ClN/c1-15(2)9-11-4-5-12(17)8-13(11)14(15)18-10-16(3)6-7-16/h4-5,8,14,18H,6-7,9-10H2,1-3H3. The number of nitrogens with one attached hydrogen (secondary N) is 1. The SMILES string of the molecule is CC1(CNC2c3cc(Cl)ccc3CC2(C)C)CC1. The highest BCUT2D eigenvalue weighted by molar-refractivity contribution is 6.30. The highest BCUT2D eigenvalue weighted by atomic mass is 35.5. The number of hydrogen-bond donors (Lipinski definition) is 1. The molecule has 1 saturated carbocycles. The quantitative estimate of drug-likeness (QED) is 0.855. The molecule has 3 rings (SSSR count). The highest BCUT2D eigenvalue weighted by Crippen LogP contribution is 2.48. The summed E-state index contributed by atoms with van der Waals surface area (Å²) in [5.74, 6) is 0. The van der Waals surface area contributed by atoms with Gasteiger partial charge in [0.1, 0.15) is 0 Å². The van der Waals surface area contributed by atoms with E-state index < -0.39 is 0 Å². The Bertz CT molecular complexity index is 474. The van der Waals surface area contributed by atoms with Crippen LogP contribution in [0.1, 0.15) is 50.8 Å². The van der Waals surface area contributed by atoms with E-state index in [0.29, 0.717) is 11.5 Å². The molecule has 0 heterocycles. The molecule has 0 spiro atoms. The maximum atomic E-state index is 6.16. The first-order valence-corrected chi connectivity index (χ1v) is 7.29. The van der Waals surface area contributed by atoms with Gasteiger partial charge in [-0.2, -0.15) is 0 Å². The van der Waals surface area contributed by atoms with Gasteiger partial charge in [0.15, 0.2) is 0 Å². The van der Waals surface area contributed by atoms with E-state index in [-0.39, 0.29) is 5.41 Å². The van der Waals surface area contributed by atoms with Crippen molar-refractivity contribution in [2.75, 3.05) is 6.54 Å². The molecular formula is C16H22ClN. The average Bonchev–Trinajstić information content (AvgIpc) is 2.94. The fraction of sp³-hybridized carbons (Fsp3) is 0.625. The van der Waals surface area contributed by atoms with Crippen LogP contribution in [0.15, 0.2) is 18.2 Å². The molecule has 0 amide bonds. The summed E-state index contributed by atoms with van der Waals surface area (Å²) in [7, 11) is 0. The van der Waals surface area contributed by atoms with Gasteiger partial charge in [0.25, 0.3) is 0 Å². The Labute approximate surface area is 115 Å². The van der Waals surface area contributed by atoms with E-state index in [1.807, 2.05) is 6.07 Å². The highest BCUT2D eigenvalue weighted by Gasteiger charge is 2.42. The molecule has 1 unspecified atom stereocenters. The van der Waals surface area contributed by atoms with Crippen molar-refractivity contribution in [2.45, 2.75) is 46.1 Å². The lowest BCUT2D eigenvalue weighted by molar-refractivity contribution is 0.257. The summed E-state index contributed by atoms with van der Waals surface area (Å²) >= 11 is 6.16. The van der Waals surface area contributed by atoms with Gasteiger partial charge >= 0.3 is 0 Å². The number of hydrogen-bond acceptors (Lipinski definition) is 1. The Hall–Kier alpha value is -0.530. The molecular weight excluding hydrogens is 242 g/mol. The minimum Gasteiger partial charge on any atom is -0.309 e. The first kappa shape index (κ1) is 12.5. The van der Waals surface area contributed by atoms with Gasteiger partial charge in [-0.15, -0.1) is 0 Å². The van der Waals surface area contributed by atoms with Gasteiger partial charge in [-0.25, -0.2) is 0 Å². The van der Waals surface area contributed by atoms with E-state index in [2.05, 4.69) is 38.2 Å². The van der Waals surface area contributed by atoms with Crippen LogP contribution in [0.5, 0.6) is 0 Å². The van der Waals surface area contributed by atoms with Crippen molar-refractivity contribution in [2.24, 2.45) is 10.8 Å². The Morgan fingerprint density at radius 1 is 1.28 bits per heavy atom. The van der Waals surface area contributed by atoms with Crippen LogP contribution in [-0.4, -0.2) is 6.54 Å². The molecule has 0 aromatic heterocycles. The van der Waals surface area contributed by atoms with E-state index in [1.165, 1.54) is 24.0 Å². The second kappa shape index (κ2) is 3.98. The summed E-state index contributed by atoms with van der Waals surface area (Å²) in [5, 5.41) is 4.66. The number of halogens is 1. The first-order chi connectivity index (χ1) is 8.40. The third-order valence-corrected chi connectivity index (χ3v) is 4.92. The zero-order chi connectivity index (χ0) is 13.0. The summed E-state index contributed by atoms with van der Waals surface area (Å²) in [6.07, 6.45) is 3.89. The van der Waals surface area contributed by atoms with Gasteiger partial charge in [-0.1, -0.05) is 38.4 Å². The van der Waals surface area contributed by atoms with Crippen LogP contribution in [0.2, 0.25) is 5.02 Å². The predicted octanol–water partition coefficient (Wildman–Crippen LogP) is 4.35. The van der Waals surface area contributed by atoms with Gasteiger partial charge in [0, 0.05) is 17.6 Å². The van der Waals surface area contributed by atoms with Gasteiger partial charge in [-0.05, 0) is 53.4 Å². The van der Waals surface area contributed by atoms with Crippen LogP contribution in [0, 0.1) is 10.8 Å². The molecule has 1 fully saturated rings. The van der Waals surface area contributed by atoms with Crippen LogP contribution in [0.4, 0.5) is 0 Å². The molecule has 2 heteroatoms. The van der Waals surface area contributed by atoms with Crippen molar-refractivity contribution in [3.8, 4) is 0 Å². The Morgan fingerprint density at radius 2 is 2.00 bits per heavy atom. The molecule has 0 saturated heterocycles. The van der Waals surface area contributed by atoms with Crippen molar-refractivity contribution in [3.05, 3.63) is 34.3 Å². The molecule has 2 aliphatic rings. The van der Waals surface area contributed by atoms with Gasteiger partial charge in [0.05, 0.1) is 0 Å². The van der Waals surface area contributed by atoms with Crippen LogP contribution >= 0.6 is 11.6 Å². The molecule has 0 bridgehead atoms. The van der Waals surface area contributed by atoms with Crippen molar-refractivity contribution in [3.63, 3.8) is 0 Å². The molecule has 1 nitrogen and oxygen atoms in total. The molecule has 2 aliphatic carbocycles. The van der Waals surface area contributed by atoms with Crippen molar-refractivity contribution in [1.29, 1.82) is 0 Å². The zero-order valence-electron chi connectivity index (χ0n) is 11.5. The summed E-state index contributed by atoms with van der Waals surface area (Å²) in [4.78, 5) is 0. The molecule has 1 atom stereocenters. The minimum atomic E-state index is 0.290. The van der Waals surface area contributed by atoms with E-state index in [9.17, 15) is 0 Å². The van der Waals surface area contributed by atoms with Crippen molar-refractivity contribution >= 4 is 11.6 Å². The normalized spacial score (nSPS) is 27.0. The van der Waals surface area contributed by atoms with Gasteiger partial charge in [0.2, 0.25) is 0 Å². The molecule has 98 valence electrons. The van der Waals surface area contributed by atoms with Crippen LogP contribution in [-0.2, 0) is 6.42 Å². The third-order valence-electron chi connectivity index (χ3n) is 4.68. The van der Waals surface area contributed by atoms with E-state index in [4.69, 9.17) is 11.6 Å². The van der Waals surface area contributed by atoms with E-state index in [0.717, 1.165) is 18.0 Å². The molecule has 1 N–H and O–H groups in total. The van der Waals surface area contributed by atoms with E-state index in [1.54, 1.807) is 0 Å². The Balaban J connectivity index is 1.85. The number of benzene rings is 1. The molecule has 1 aromatic rings. The average molecular weight is 264 g/mol. The summed E-state index contributed by atoms with van der Waals surface area (Å²) in [6, 6.07) is 6.81. The summed E-state index contributed by atoms with van der Waals surface area (Å²) < 4.78 is 0. The fourth-order valence-corrected chi connectivity index (χ4v) is 3.31. The maximum absolute atomic E-state index is 6.16. The molecule has 0 radical (unpaired) electrons. The van der Waals surface area contributed by atoms with Crippen molar-refractivity contribution < 1.29 is 0 Å². The van der Waals surface area contributed by atoms with Gasteiger partial charge < -0.3 is 5.32 Å². The van der Waals surface area contributed by atoms with Crippen LogP contribution in [0.25, 0.3) is 0 Å². The number of fused-ring (bicyclic) bond motifs is 1. The maximum Gasteiger partial charge on any atom is 0.0409 e. The lowest BCUT2D eigenvalue weighted by Gasteiger charge is -2.30. The third kappa shape index (κ3) is 2.19. The predicted molar refractivity (Wildman–Crippen MR) is 77.0 cm³/mol. The first-order valence-electron chi connectivity index (χ1n) is 6.91. The molecule has 0 aliphatic heterocycles. The fourth-order valence-electron chi connectivity index (χ4n) is 3.13. The second-order valence-electron chi connectivity index (χ2n) is 7.13. The second-order valence-corrected chi connectivity index (χ2v) is 7.57. The smallest absolute Gasteiger partial charge is 0.0409 e. The van der Waals surface area contributed by atoms with Gasteiger partial charge in [-0.3, -0.25) is 0 Å². The lowest BCUT2D eigenvalue weighted by atomic mass is 9.85. The monoisotopic (exact) mass is 263 g/mol. The molecule has 1 aromatic carbocycles. The Morgan fingerprint density at radius 3 is 2.67 bits per heavy atom. The largest absolute Gasteiger partial charge is 0.309 e. The lowest BCUT2D eigenvalue weighted by Crippen LogP contribution is -2.34.